The Morgan fingerprint density at radius 1 is 1.19 bits per heavy atom. The number of halogens is 1. The van der Waals surface area contributed by atoms with Crippen molar-refractivity contribution in [2.24, 2.45) is 4.99 Å². The van der Waals surface area contributed by atoms with E-state index in [1.165, 1.54) is 42.2 Å². The molecule has 37 heavy (non-hydrogen) atoms. The standard InChI is InChI=1S/C25H22ClN3O7S/c1-4-35-19-9-6-14(11-20(19)36-5-2)22-17(24(31)34-3)13-27-25-28(22)23(30)21(37-25)12-15-10-16(29(32)33)7-8-18(15)26/h6-13,22H,4-5H2,1-3H3/b21-12-/t22-/m1/s1. The molecule has 0 N–H and O–H groups in total. The summed E-state index contributed by atoms with van der Waals surface area (Å²) in [6, 6.07) is 8.30. The van der Waals surface area contributed by atoms with Crippen molar-refractivity contribution < 1.29 is 23.9 Å². The number of nitro benzene ring substituents is 1. The van der Waals surface area contributed by atoms with Crippen molar-refractivity contribution in [2.75, 3.05) is 20.3 Å². The van der Waals surface area contributed by atoms with Crippen molar-refractivity contribution in [3.63, 3.8) is 0 Å². The minimum atomic E-state index is -0.860. The molecule has 0 spiro atoms. The summed E-state index contributed by atoms with van der Waals surface area (Å²) in [7, 11) is 1.25. The van der Waals surface area contributed by atoms with Crippen molar-refractivity contribution in [2.45, 2.75) is 19.9 Å². The number of methoxy groups -OCH3 is 1. The number of aromatic nitrogens is 1. The first-order valence-electron chi connectivity index (χ1n) is 11.2. The van der Waals surface area contributed by atoms with Gasteiger partial charge in [0, 0.05) is 28.9 Å². The molecular formula is C25H22ClN3O7S. The summed E-state index contributed by atoms with van der Waals surface area (Å²) in [5.41, 5.74) is 0.440. The number of carbonyl (C=O) groups is 1. The van der Waals surface area contributed by atoms with E-state index in [1.54, 1.807) is 18.2 Å². The Hall–Kier alpha value is -3.96. The zero-order chi connectivity index (χ0) is 26.7. The van der Waals surface area contributed by atoms with E-state index in [-0.39, 0.29) is 20.8 Å². The van der Waals surface area contributed by atoms with Gasteiger partial charge in [-0.3, -0.25) is 19.5 Å². The van der Waals surface area contributed by atoms with Crippen molar-refractivity contribution in [1.29, 1.82) is 0 Å². The van der Waals surface area contributed by atoms with E-state index < -0.39 is 22.5 Å². The third-order valence-corrected chi connectivity index (χ3v) is 6.83. The number of thiazole rings is 1. The Labute approximate surface area is 219 Å². The molecule has 2 heterocycles. The number of nitro groups is 1. The Kier molecular flexibility index (Phi) is 7.74. The number of hydrogen-bond acceptors (Lipinski definition) is 9. The number of benzene rings is 2. The van der Waals surface area contributed by atoms with E-state index >= 15 is 0 Å². The van der Waals surface area contributed by atoms with Crippen LogP contribution >= 0.6 is 22.9 Å². The molecule has 0 radical (unpaired) electrons. The average molecular weight is 544 g/mol. The van der Waals surface area contributed by atoms with E-state index in [2.05, 4.69) is 4.99 Å². The van der Waals surface area contributed by atoms with Crippen molar-refractivity contribution in [3.8, 4) is 11.5 Å². The van der Waals surface area contributed by atoms with Crippen LogP contribution in [0, 0.1) is 10.1 Å². The zero-order valence-corrected chi connectivity index (χ0v) is 21.7. The van der Waals surface area contributed by atoms with Crippen LogP contribution in [0.1, 0.15) is 31.0 Å². The Bertz CT molecular complexity index is 1590. The number of esters is 1. The molecule has 0 aliphatic carbocycles. The highest BCUT2D eigenvalue weighted by atomic mass is 35.5. The molecule has 1 aliphatic rings. The molecule has 12 heteroatoms. The number of fused-ring (bicyclic) bond motifs is 1. The van der Waals surface area contributed by atoms with Crippen molar-refractivity contribution in [1.82, 2.24) is 4.57 Å². The second kappa shape index (κ2) is 11.0. The molecule has 0 bridgehead atoms. The lowest BCUT2D eigenvalue weighted by Gasteiger charge is -2.23. The summed E-state index contributed by atoms with van der Waals surface area (Å²) in [6.45, 7) is 4.51. The summed E-state index contributed by atoms with van der Waals surface area (Å²) in [5.74, 6) is 0.356. The summed E-state index contributed by atoms with van der Waals surface area (Å²) in [5, 5.41) is 11.5. The molecule has 2 aromatic carbocycles. The number of hydrogen-bond donors (Lipinski definition) is 0. The van der Waals surface area contributed by atoms with E-state index in [0.717, 1.165) is 11.3 Å². The van der Waals surface area contributed by atoms with Gasteiger partial charge in [-0.1, -0.05) is 29.0 Å². The maximum Gasteiger partial charge on any atom is 0.337 e. The van der Waals surface area contributed by atoms with Crippen molar-refractivity contribution >= 4 is 40.7 Å². The van der Waals surface area contributed by atoms with Gasteiger partial charge < -0.3 is 14.2 Å². The van der Waals surface area contributed by atoms with Crippen LogP contribution in [0.4, 0.5) is 5.69 Å². The Morgan fingerprint density at radius 2 is 1.92 bits per heavy atom. The van der Waals surface area contributed by atoms with E-state index in [1.807, 2.05) is 13.8 Å². The summed E-state index contributed by atoms with van der Waals surface area (Å²) < 4.78 is 18.0. The molecule has 10 nitrogen and oxygen atoms in total. The van der Waals surface area contributed by atoms with Gasteiger partial charge in [-0.15, -0.1) is 0 Å². The van der Waals surface area contributed by atoms with Crippen LogP contribution in [0.5, 0.6) is 11.5 Å². The van der Waals surface area contributed by atoms with Crippen LogP contribution in [0.25, 0.3) is 6.08 Å². The van der Waals surface area contributed by atoms with Crippen LogP contribution in [0.2, 0.25) is 5.02 Å². The third kappa shape index (κ3) is 5.13. The first-order chi connectivity index (χ1) is 17.8. The number of non-ortho nitro benzene ring substituents is 1. The normalized spacial score (nSPS) is 14.9. The zero-order valence-electron chi connectivity index (χ0n) is 20.1. The Balaban J connectivity index is 1.92. The quantitative estimate of drug-likeness (QED) is 0.242. The van der Waals surface area contributed by atoms with Crippen LogP contribution in [0.3, 0.4) is 0 Å². The molecule has 3 aromatic rings. The number of nitrogens with zero attached hydrogens (tertiary/aromatic N) is 3. The van der Waals surface area contributed by atoms with E-state index in [4.69, 9.17) is 25.8 Å². The SMILES string of the molecule is CCOc1ccc([C@@H]2C(C(=O)OC)=CN=c3s/c(=C\c4cc([N+](=O)[O-])ccc4Cl)c(=O)n32)cc1OCC. The van der Waals surface area contributed by atoms with Crippen LogP contribution < -0.4 is 24.4 Å². The topological polar surface area (TPSA) is 122 Å². The fourth-order valence-electron chi connectivity index (χ4n) is 3.88. The van der Waals surface area contributed by atoms with Gasteiger partial charge in [-0.05, 0) is 43.7 Å². The predicted octanol–water partition coefficient (Wildman–Crippen LogP) is 3.38. The van der Waals surface area contributed by atoms with Gasteiger partial charge >= 0.3 is 5.97 Å². The molecule has 1 aliphatic heterocycles. The molecule has 1 aromatic heterocycles. The fourth-order valence-corrected chi connectivity index (χ4v) is 5.02. The largest absolute Gasteiger partial charge is 0.490 e. The molecular weight excluding hydrogens is 522 g/mol. The molecule has 1 atom stereocenters. The number of rotatable bonds is 8. The molecule has 0 fully saturated rings. The lowest BCUT2D eigenvalue weighted by Crippen LogP contribution is -2.39. The maximum atomic E-state index is 13.6. The van der Waals surface area contributed by atoms with Crippen LogP contribution in [-0.2, 0) is 9.53 Å². The predicted molar refractivity (Wildman–Crippen MR) is 138 cm³/mol. The average Bonchev–Trinajstić information content (AvgIpc) is 3.20. The second-order valence-corrected chi connectivity index (χ2v) is 9.13. The van der Waals surface area contributed by atoms with Gasteiger partial charge in [-0.2, -0.15) is 0 Å². The Morgan fingerprint density at radius 3 is 2.59 bits per heavy atom. The van der Waals surface area contributed by atoms with Gasteiger partial charge in [0.1, 0.15) is 0 Å². The van der Waals surface area contributed by atoms with Gasteiger partial charge in [0.25, 0.3) is 11.2 Å². The first kappa shape index (κ1) is 26.1. The fraction of sp³-hybridized carbons (Fsp3) is 0.240. The number of carbonyl (C=O) groups excluding carboxylic acids is 1. The monoisotopic (exact) mass is 543 g/mol. The molecule has 4 rings (SSSR count). The van der Waals surface area contributed by atoms with Gasteiger partial charge in [-0.25, -0.2) is 9.79 Å². The minimum absolute atomic E-state index is 0.154. The summed E-state index contributed by atoms with van der Waals surface area (Å²) in [4.78, 5) is 41.6. The highest BCUT2D eigenvalue weighted by molar-refractivity contribution is 7.07. The van der Waals surface area contributed by atoms with E-state index in [9.17, 15) is 19.7 Å². The minimum Gasteiger partial charge on any atom is -0.490 e. The summed E-state index contributed by atoms with van der Waals surface area (Å²) >= 11 is 7.32. The molecule has 0 unspecified atom stereocenters. The molecule has 0 saturated heterocycles. The lowest BCUT2D eigenvalue weighted by molar-refractivity contribution is -0.384. The molecule has 192 valence electrons. The van der Waals surface area contributed by atoms with Gasteiger partial charge in [0.2, 0.25) is 0 Å². The van der Waals surface area contributed by atoms with Gasteiger partial charge in [0.15, 0.2) is 16.3 Å². The van der Waals surface area contributed by atoms with Crippen LogP contribution in [0.15, 0.2) is 58.0 Å². The molecule has 0 saturated carbocycles. The smallest absolute Gasteiger partial charge is 0.337 e. The van der Waals surface area contributed by atoms with Gasteiger partial charge in [0.05, 0.1) is 41.4 Å². The highest BCUT2D eigenvalue weighted by Crippen LogP contribution is 2.35. The van der Waals surface area contributed by atoms with Crippen LogP contribution in [-0.4, -0.2) is 35.8 Å². The first-order valence-corrected chi connectivity index (χ1v) is 12.4. The summed E-state index contributed by atoms with van der Waals surface area (Å²) in [6.07, 6.45) is 2.85. The van der Waals surface area contributed by atoms with E-state index in [0.29, 0.717) is 40.6 Å². The molecule has 0 amide bonds. The number of ether oxygens (including phenoxy) is 3. The van der Waals surface area contributed by atoms with Crippen molar-refractivity contribution in [3.05, 3.63) is 94.1 Å². The lowest BCUT2D eigenvalue weighted by atomic mass is 9.97. The highest BCUT2D eigenvalue weighted by Gasteiger charge is 2.31. The third-order valence-electron chi connectivity index (χ3n) is 5.49. The maximum absolute atomic E-state index is 13.6. The second-order valence-electron chi connectivity index (χ2n) is 7.71.